The zero-order valence-corrected chi connectivity index (χ0v) is 17.5. The fraction of sp³-hybridized carbons (Fsp3) is 0.217. The van der Waals surface area contributed by atoms with Crippen LogP contribution in [-0.4, -0.2) is 24.9 Å². The summed E-state index contributed by atoms with van der Waals surface area (Å²) in [5, 5.41) is 5.39. The Hall–Kier alpha value is -2.96. The Morgan fingerprint density at radius 2 is 1.55 bits per heavy atom. The van der Waals surface area contributed by atoms with E-state index in [0.29, 0.717) is 10.6 Å². The quantitative estimate of drug-likeness (QED) is 0.535. The minimum absolute atomic E-state index is 0.145. The summed E-state index contributed by atoms with van der Waals surface area (Å²) in [5.74, 6) is -0.467. The minimum atomic E-state index is -0.514. The number of carbonyl (C=O) groups is 2. The van der Waals surface area contributed by atoms with E-state index in [1.165, 1.54) is 22.5 Å². The van der Waals surface area contributed by atoms with Gasteiger partial charge in [0.1, 0.15) is 5.00 Å². The van der Waals surface area contributed by atoms with Gasteiger partial charge in [-0.25, -0.2) is 0 Å². The smallest absolute Gasteiger partial charge is 0.280 e. The first-order chi connectivity index (χ1) is 14.0. The van der Waals surface area contributed by atoms with Crippen molar-refractivity contribution in [2.45, 2.75) is 19.8 Å². The van der Waals surface area contributed by atoms with Crippen molar-refractivity contribution in [2.75, 3.05) is 18.4 Å². The van der Waals surface area contributed by atoms with Crippen molar-refractivity contribution in [1.82, 2.24) is 0 Å². The molecule has 3 aromatic rings. The number of nitrogens with two attached hydrogens (primary N) is 2. The lowest BCUT2D eigenvalue weighted by Crippen LogP contribution is -2.87. The molecule has 0 aliphatic carbocycles. The van der Waals surface area contributed by atoms with Crippen LogP contribution in [0, 0.1) is 13.8 Å². The molecule has 29 heavy (non-hydrogen) atoms. The Morgan fingerprint density at radius 3 is 2.07 bits per heavy atom. The van der Waals surface area contributed by atoms with Gasteiger partial charge in [-0.15, -0.1) is 11.3 Å². The molecule has 0 atom stereocenters. The van der Waals surface area contributed by atoms with E-state index in [1.807, 2.05) is 55.6 Å². The van der Waals surface area contributed by atoms with Gasteiger partial charge < -0.3 is 16.4 Å². The van der Waals surface area contributed by atoms with E-state index in [2.05, 4.69) is 29.6 Å². The summed E-state index contributed by atoms with van der Waals surface area (Å²) in [7, 11) is 0. The van der Waals surface area contributed by atoms with Crippen LogP contribution in [0.2, 0.25) is 0 Å². The van der Waals surface area contributed by atoms with Gasteiger partial charge in [-0.05, 0) is 30.5 Å². The van der Waals surface area contributed by atoms with Crippen molar-refractivity contribution in [2.24, 2.45) is 5.73 Å². The summed E-state index contributed by atoms with van der Waals surface area (Å²) in [4.78, 5) is 25.2. The van der Waals surface area contributed by atoms with Crippen LogP contribution in [0.25, 0.3) is 0 Å². The van der Waals surface area contributed by atoms with Crippen molar-refractivity contribution in [1.29, 1.82) is 0 Å². The van der Waals surface area contributed by atoms with Crippen LogP contribution in [-0.2, 0) is 4.79 Å². The van der Waals surface area contributed by atoms with Crippen molar-refractivity contribution < 1.29 is 14.9 Å². The molecule has 0 unspecified atom stereocenters. The van der Waals surface area contributed by atoms with Gasteiger partial charge in [-0.1, -0.05) is 60.7 Å². The molecule has 5 N–H and O–H groups in total. The van der Waals surface area contributed by atoms with Gasteiger partial charge in [-0.3, -0.25) is 9.59 Å². The molecule has 0 saturated heterocycles. The lowest BCUT2D eigenvalue weighted by atomic mass is 9.91. The van der Waals surface area contributed by atoms with Crippen molar-refractivity contribution in [3.05, 3.63) is 87.8 Å². The summed E-state index contributed by atoms with van der Waals surface area (Å²) < 4.78 is 0. The molecule has 1 heterocycles. The molecule has 0 radical (unpaired) electrons. The highest BCUT2D eigenvalue weighted by molar-refractivity contribution is 7.16. The number of thiophene rings is 1. The molecule has 0 aliphatic heterocycles. The zero-order valence-electron chi connectivity index (χ0n) is 16.6. The fourth-order valence-electron chi connectivity index (χ4n) is 3.41. The van der Waals surface area contributed by atoms with Crippen LogP contribution >= 0.6 is 11.3 Å². The molecule has 5 nitrogen and oxygen atoms in total. The Balaban J connectivity index is 1.65. The molecule has 2 amide bonds. The molecule has 0 spiro atoms. The molecular formula is C23H26N3O2S+. The molecule has 6 heteroatoms. The molecule has 0 saturated carbocycles. The van der Waals surface area contributed by atoms with Gasteiger partial charge >= 0.3 is 0 Å². The summed E-state index contributed by atoms with van der Waals surface area (Å²) in [6.07, 6.45) is 0. The number of hydrogen-bond acceptors (Lipinski definition) is 3. The number of primary amides is 1. The number of anilines is 1. The third-order valence-electron chi connectivity index (χ3n) is 5.02. The summed E-state index contributed by atoms with van der Waals surface area (Å²) >= 11 is 1.38. The predicted octanol–water partition coefficient (Wildman–Crippen LogP) is 2.80. The average molecular weight is 409 g/mol. The van der Waals surface area contributed by atoms with E-state index in [-0.39, 0.29) is 18.4 Å². The minimum Gasteiger partial charge on any atom is -0.365 e. The SMILES string of the molecule is Cc1sc(NC(=O)C[NH2+]CC(c2ccccc2)c2ccccc2)c(C(N)=O)c1C. The van der Waals surface area contributed by atoms with Gasteiger partial charge in [-0.2, -0.15) is 0 Å². The van der Waals surface area contributed by atoms with E-state index in [0.717, 1.165) is 17.0 Å². The maximum absolute atomic E-state index is 12.5. The summed E-state index contributed by atoms with van der Waals surface area (Å²) in [6.45, 7) is 4.77. The maximum Gasteiger partial charge on any atom is 0.280 e. The molecule has 2 aromatic carbocycles. The van der Waals surface area contributed by atoms with Crippen LogP contribution < -0.4 is 16.4 Å². The van der Waals surface area contributed by atoms with E-state index in [9.17, 15) is 9.59 Å². The van der Waals surface area contributed by atoms with Crippen molar-refractivity contribution in [3.8, 4) is 0 Å². The first-order valence-corrected chi connectivity index (χ1v) is 10.4. The third-order valence-corrected chi connectivity index (χ3v) is 6.14. The fourth-order valence-corrected chi connectivity index (χ4v) is 4.49. The summed E-state index contributed by atoms with van der Waals surface area (Å²) in [5.41, 5.74) is 9.16. The zero-order chi connectivity index (χ0) is 20.8. The summed E-state index contributed by atoms with van der Waals surface area (Å²) in [6, 6.07) is 20.6. The molecule has 0 aliphatic rings. The average Bonchev–Trinajstić information content (AvgIpc) is 3.00. The molecule has 0 bridgehead atoms. The number of aryl methyl sites for hydroxylation is 1. The van der Waals surface area contributed by atoms with Crippen molar-refractivity contribution >= 4 is 28.2 Å². The van der Waals surface area contributed by atoms with Crippen LogP contribution in [0.3, 0.4) is 0 Å². The second kappa shape index (κ2) is 9.49. The number of amides is 2. The number of hydrogen-bond donors (Lipinski definition) is 3. The number of quaternary nitrogens is 1. The van der Waals surface area contributed by atoms with E-state index < -0.39 is 5.91 Å². The Kier molecular flexibility index (Phi) is 6.80. The molecule has 0 fully saturated rings. The Morgan fingerprint density at radius 1 is 1.00 bits per heavy atom. The number of rotatable bonds is 8. The van der Waals surface area contributed by atoms with Crippen molar-refractivity contribution in [3.63, 3.8) is 0 Å². The normalized spacial score (nSPS) is 10.9. The number of nitrogens with one attached hydrogen (secondary N) is 1. The van der Waals surface area contributed by atoms with Gasteiger partial charge in [0, 0.05) is 4.88 Å². The Labute approximate surface area is 175 Å². The van der Waals surface area contributed by atoms with Crippen LogP contribution in [0.15, 0.2) is 60.7 Å². The second-order valence-corrected chi connectivity index (χ2v) is 8.23. The van der Waals surface area contributed by atoms with Gasteiger partial charge in [0.05, 0.1) is 18.0 Å². The first-order valence-electron chi connectivity index (χ1n) is 9.58. The third kappa shape index (κ3) is 5.10. The van der Waals surface area contributed by atoms with Crippen LogP contribution in [0.5, 0.6) is 0 Å². The predicted molar refractivity (Wildman–Crippen MR) is 117 cm³/mol. The largest absolute Gasteiger partial charge is 0.365 e. The Bertz CT molecular complexity index is 945. The molecule has 1 aromatic heterocycles. The molecular weight excluding hydrogens is 382 g/mol. The standard InChI is InChI=1S/C23H25N3O2S/c1-15-16(2)29-23(21(15)22(24)28)26-20(27)14-25-13-19(17-9-5-3-6-10-17)18-11-7-4-8-12-18/h3-12,19,25H,13-14H2,1-2H3,(H2,24,28)(H,26,27)/p+1. The van der Waals surface area contributed by atoms with Gasteiger partial charge in [0.15, 0.2) is 6.54 Å². The first kappa shape index (κ1) is 20.8. The second-order valence-electron chi connectivity index (χ2n) is 7.00. The van der Waals surface area contributed by atoms with Crippen LogP contribution in [0.4, 0.5) is 5.00 Å². The highest BCUT2D eigenvalue weighted by Crippen LogP contribution is 2.31. The number of benzene rings is 2. The van der Waals surface area contributed by atoms with E-state index in [4.69, 9.17) is 5.73 Å². The number of carbonyl (C=O) groups excluding carboxylic acids is 2. The molecule has 150 valence electrons. The van der Waals surface area contributed by atoms with E-state index >= 15 is 0 Å². The van der Waals surface area contributed by atoms with Gasteiger partial charge in [0.2, 0.25) is 0 Å². The lowest BCUT2D eigenvalue weighted by Gasteiger charge is -2.16. The topological polar surface area (TPSA) is 88.8 Å². The van der Waals surface area contributed by atoms with E-state index in [1.54, 1.807) is 0 Å². The maximum atomic E-state index is 12.5. The monoisotopic (exact) mass is 408 g/mol. The van der Waals surface area contributed by atoms with Crippen LogP contribution in [0.1, 0.15) is 37.8 Å². The van der Waals surface area contributed by atoms with Gasteiger partial charge in [0.25, 0.3) is 11.8 Å². The highest BCUT2D eigenvalue weighted by Gasteiger charge is 2.20. The molecule has 3 rings (SSSR count). The highest BCUT2D eigenvalue weighted by atomic mass is 32.1. The lowest BCUT2D eigenvalue weighted by molar-refractivity contribution is -0.644.